The highest BCUT2D eigenvalue weighted by molar-refractivity contribution is 5.95. The predicted molar refractivity (Wildman–Crippen MR) is 48.1 cm³/mol. The van der Waals surface area contributed by atoms with Crippen LogP contribution in [0.15, 0.2) is 6.07 Å². The molecule has 1 rings (SSSR count). The predicted octanol–water partition coefficient (Wildman–Crippen LogP) is 1.05. The normalized spacial score (nSPS) is 9.31. The number of anilines is 1. The quantitative estimate of drug-likeness (QED) is 0.647. The van der Waals surface area contributed by atoms with E-state index in [-0.39, 0.29) is 17.2 Å². The minimum Gasteiger partial charge on any atom is -0.383 e. The number of carbonyl (C=O) groups excluding carboxylic acids is 1. The SMILES string of the molecule is CC(=O)c1cc(C#N)c(N)nc1C. The number of aryl methyl sites for hydroxylation is 1. The third-order valence-electron chi connectivity index (χ3n) is 1.74. The standard InChI is InChI=1S/C9H9N3O/c1-5-8(6(2)13)3-7(4-10)9(11)12-5/h3H,1-2H3,(H2,11,12). The number of rotatable bonds is 1. The van der Waals surface area contributed by atoms with Gasteiger partial charge in [-0.25, -0.2) is 4.98 Å². The molecule has 4 nitrogen and oxygen atoms in total. The maximum absolute atomic E-state index is 11.1. The number of carbonyl (C=O) groups is 1. The molecule has 13 heavy (non-hydrogen) atoms. The smallest absolute Gasteiger partial charge is 0.161 e. The van der Waals surface area contributed by atoms with Crippen molar-refractivity contribution in [1.29, 1.82) is 5.26 Å². The second kappa shape index (κ2) is 3.23. The van der Waals surface area contributed by atoms with Crippen LogP contribution >= 0.6 is 0 Å². The molecule has 0 saturated carbocycles. The monoisotopic (exact) mass is 175 g/mol. The fourth-order valence-electron chi connectivity index (χ4n) is 1.07. The molecule has 1 aromatic heterocycles. The molecule has 0 aliphatic heterocycles. The Morgan fingerprint density at radius 1 is 1.69 bits per heavy atom. The number of pyridine rings is 1. The van der Waals surface area contributed by atoms with Gasteiger partial charge in [0, 0.05) is 5.56 Å². The lowest BCUT2D eigenvalue weighted by atomic mass is 10.1. The minimum atomic E-state index is -0.110. The van der Waals surface area contributed by atoms with Gasteiger partial charge < -0.3 is 5.73 Å². The van der Waals surface area contributed by atoms with Crippen molar-refractivity contribution < 1.29 is 4.79 Å². The Morgan fingerprint density at radius 3 is 2.77 bits per heavy atom. The number of hydrogen-bond acceptors (Lipinski definition) is 4. The van der Waals surface area contributed by atoms with E-state index in [1.165, 1.54) is 13.0 Å². The van der Waals surface area contributed by atoms with E-state index >= 15 is 0 Å². The summed E-state index contributed by atoms with van der Waals surface area (Å²) in [6.45, 7) is 3.12. The van der Waals surface area contributed by atoms with Crippen LogP contribution in [0.25, 0.3) is 0 Å². The van der Waals surface area contributed by atoms with Crippen molar-refractivity contribution in [2.45, 2.75) is 13.8 Å². The zero-order chi connectivity index (χ0) is 10.0. The van der Waals surface area contributed by atoms with Gasteiger partial charge in [0.05, 0.1) is 11.3 Å². The van der Waals surface area contributed by atoms with Crippen LogP contribution in [0.1, 0.15) is 28.5 Å². The maximum atomic E-state index is 11.1. The average Bonchev–Trinajstić information content (AvgIpc) is 2.03. The Balaban J connectivity index is 3.41. The molecule has 0 bridgehead atoms. The molecule has 0 spiro atoms. The summed E-state index contributed by atoms with van der Waals surface area (Å²) in [6.07, 6.45) is 0. The van der Waals surface area contributed by atoms with E-state index in [0.29, 0.717) is 11.3 Å². The van der Waals surface area contributed by atoms with E-state index in [9.17, 15) is 4.79 Å². The summed E-state index contributed by atoms with van der Waals surface area (Å²) in [7, 11) is 0. The zero-order valence-electron chi connectivity index (χ0n) is 7.46. The highest BCUT2D eigenvalue weighted by Crippen LogP contribution is 2.14. The van der Waals surface area contributed by atoms with Crippen molar-refractivity contribution in [3.63, 3.8) is 0 Å². The van der Waals surface area contributed by atoms with Crippen molar-refractivity contribution in [1.82, 2.24) is 4.98 Å². The number of Topliss-reactive ketones (excluding diaryl/α,β-unsaturated/α-hetero) is 1. The van der Waals surface area contributed by atoms with E-state index in [1.54, 1.807) is 6.92 Å². The Kier molecular flexibility index (Phi) is 2.29. The molecule has 66 valence electrons. The summed E-state index contributed by atoms with van der Waals surface area (Å²) in [5, 5.41) is 8.63. The fourth-order valence-corrected chi connectivity index (χ4v) is 1.07. The Bertz CT molecular complexity index is 404. The molecule has 0 aliphatic carbocycles. The number of nitriles is 1. The van der Waals surface area contributed by atoms with Crippen molar-refractivity contribution in [3.8, 4) is 6.07 Å². The number of nitrogens with zero attached hydrogens (tertiary/aromatic N) is 2. The fraction of sp³-hybridized carbons (Fsp3) is 0.222. The van der Waals surface area contributed by atoms with Crippen LogP contribution in [-0.4, -0.2) is 10.8 Å². The van der Waals surface area contributed by atoms with Gasteiger partial charge in [0.1, 0.15) is 11.9 Å². The lowest BCUT2D eigenvalue weighted by Gasteiger charge is -2.03. The van der Waals surface area contributed by atoms with E-state index in [1.807, 2.05) is 6.07 Å². The number of nitrogens with two attached hydrogens (primary N) is 1. The summed E-state index contributed by atoms with van der Waals surface area (Å²) < 4.78 is 0. The summed E-state index contributed by atoms with van der Waals surface area (Å²) in [5.41, 5.74) is 6.71. The summed E-state index contributed by atoms with van der Waals surface area (Å²) >= 11 is 0. The molecule has 0 aromatic carbocycles. The Morgan fingerprint density at radius 2 is 2.31 bits per heavy atom. The van der Waals surface area contributed by atoms with Gasteiger partial charge in [-0.2, -0.15) is 5.26 Å². The van der Waals surface area contributed by atoms with Crippen LogP contribution in [-0.2, 0) is 0 Å². The summed E-state index contributed by atoms with van der Waals surface area (Å²) in [5.74, 6) is 0.0616. The first-order chi connectivity index (χ1) is 6.06. The number of hydrogen-bond donors (Lipinski definition) is 1. The van der Waals surface area contributed by atoms with Crippen molar-refractivity contribution >= 4 is 11.6 Å². The molecule has 0 radical (unpaired) electrons. The van der Waals surface area contributed by atoms with E-state index in [2.05, 4.69) is 4.98 Å². The third kappa shape index (κ3) is 1.64. The van der Waals surface area contributed by atoms with Gasteiger partial charge >= 0.3 is 0 Å². The first kappa shape index (κ1) is 9.20. The number of ketones is 1. The van der Waals surface area contributed by atoms with Crippen molar-refractivity contribution in [2.75, 3.05) is 5.73 Å². The molecule has 4 heteroatoms. The highest BCUT2D eigenvalue weighted by atomic mass is 16.1. The lowest BCUT2D eigenvalue weighted by Crippen LogP contribution is -2.04. The van der Waals surface area contributed by atoms with E-state index < -0.39 is 0 Å². The zero-order valence-corrected chi connectivity index (χ0v) is 7.46. The second-order valence-corrected chi connectivity index (χ2v) is 2.72. The van der Waals surface area contributed by atoms with Crippen LogP contribution < -0.4 is 5.73 Å². The highest BCUT2D eigenvalue weighted by Gasteiger charge is 2.09. The van der Waals surface area contributed by atoms with Crippen LogP contribution in [0.5, 0.6) is 0 Å². The van der Waals surface area contributed by atoms with Crippen LogP contribution in [0, 0.1) is 18.3 Å². The molecule has 2 N–H and O–H groups in total. The second-order valence-electron chi connectivity index (χ2n) is 2.72. The van der Waals surface area contributed by atoms with Gasteiger partial charge in [0.25, 0.3) is 0 Å². The van der Waals surface area contributed by atoms with Gasteiger partial charge in [-0.05, 0) is 19.9 Å². The van der Waals surface area contributed by atoms with E-state index in [4.69, 9.17) is 11.0 Å². The molecular formula is C9H9N3O. The van der Waals surface area contributed by atoms with Crippen molar-refractivity contribution in [2.24, 2.45) is 0 Å². The largest absolute Gasteiger partial charge is 0.383 e. The van der Waals surface area contributed by atoms with Crippen molar-refractivity contribution in [3.05, 3.63) is 22.9 Å². The number of nitrogen functional groups attached to an aromatic ring is 1. The van der Waals surface area contributed by atoms with Crippen LogP contribution in [0.4, 0.5) is 5.82 Å². The molecule has 0 fully saturated rings. The third-order valence-corrected chi connectivity index (χ3v) is 1.74. The molecule has 0 aliphatic rings. The molecule has 1 aromatic rings. The minimum absolute atomic E-state index is 0.110. The topological polar surface area (TPSA) is 79.8 Å². The first-order valence-electron chi connectivity index (χ1n) is 3.74. The molecule has 1 heterocycles. The van der Waals surface area contributed by atoms with Gasteiger partial charge in [-0.1, -0.05) is 0 Å². The molecule has 0 saturated heterocycles. The van der Waals surface area contributed by atoms with Crippen LogP contribution in [0.2, 0.25) is 0 Å². The summed E-state index contributed by atoms with van der Waals surface area (Å²) in [6, 6.07) is 3.35. The van der Waals surface area contributed by atoms with Crippen LogP contribution in [0.3, 0.4) is 0 Å². The maximum Gasteiger partial charge on any atom is 0.161 e. The molecular weight excluding hydrogens is 166 g/mol. The first-order valence-corrected chi connectivity index (χ1v) is 3.74. The van der Waals surface area contributed by atoms with Gasteiger partial charge in [-0.3, -0.25) is 4.79 Å². The Hall–Kier alpha value is -1.89. The molecule has 0 unspecified atom stereocenters. The number of aromatic nitrogens is 1. The van der Waals surface area contributed by atoms with Gasteiger partial charge in [0.2, 0.25) is 0 Å². The van der Waals surface area contributed by atoms with E-state index in [0.717, 1.165) is 0 Å². The molecule has 0 atom stereocenters. The van der Waals surface area contributed by atoms with Gasteiger partial charge in [-0.15, -0.1) is 0 Å². The lowest BCUT2D eigenvalue weighted by molar-refractivity contribution is 0.101. The van der Waals surface area contributed by atoms with Gasteiger partial charge in [0.15, 0.2) is 5.78 Å². The average molecular weight is 175 g/mol. The Labute approximate surface area is 76.0 Å². The molecule has 0 amide bonds. The summed E-state index contributed by atoms with van der Waals surface area (Å²) in [4.78, 5) is 15.0.